The Morgan fingerprint density at radius 2 is 0.618 bits per heavy atom. The zero-order valence-corrected chi connectivity index (χ0v) is 39.2. The Balaban J connectivity index is 2.11. The molecule has 2 aliphatic rings. The molecular formula is C48H54N4O16. The van der Waals surface area contributed by atoms with Gasteiger partial charge in [0.2, 0.25) is 0 Å². The fraction of sp³-hybridized carbons (Fsp3) is 0.417. The Bertz CT molecular complexity index is 2740. The number of fused-ring (bicyclic) bond motifs is 8. The van der Waals surface area contributed by atoms with Gasteiger partial charge in [-0.15, -0.1) is 0 Å². The predicted molar refractivity (Wildman–Crippen MR) is 243 cm³/mol. The van der Waals surface area contributed by atoms with E-state index >= 15 is 0 Å². The maximum Gasteiger partial charge on any atom is 0.310 e. The molecule has 0 radical (unpaired) electrons. The molecule has 5 rings (SSSR count). The second kappa shape index (κ2) is 23.7. The van der Waals surface area contributed by atoms with Crippen LogP contribution in [-0.4, -0.2) is 125 Å². The minimum atomic E-state index is -0.637. The summed E-state index contributed by atoms with van der Waals surface area (Å²) >= 11 is 0. The Kier molecular flexibility index (Phi) is 17.9. The van der Waals surface area contributed by atoms with E-state index in [1.165, 1.54) is 56.9 Å². The largest absolute Gasteiger partial charge is 0.469 e. The lowest BCUT2D eigenvalue weighted by Gasteiger charge is -2.09. The van der Waals surface area contributed by atoms with Crippen LogP contribution in [0.15, 0.2) is 24.3 Å². The van der Waals surface area contributed by atoms with Gasteiger partial charge in [0.05, 0.1) is 105 Å². The average Bonchev–Trinajstić information content (AvgIpc) is 4.04. The van der Waals surface area contributed by atoms with Crippen LogP contribution >= 0.6 is 0 Å². The van der Waals surface area contributed by atoms with Gasteiger partial charge in [0.15, 0.2) is 0 Å². The van der Waals surface area contributed by atoms with Crippen molar-refractivity contribution in [3.8, 4) is 0 Å². The van der Waals surface area contributed by atoms with Gasteiger partial charge in [-0.3, -0.25) is 38.4 Å². The summed E-state index contributed by atoms with van der Waals surface area (Å²) in [6, 6.07) is 6.57. The van der Waals surface area contributed by atoms with E-state index < -0.39 is 47.8 Å². The first-order chi connectivity index (χ1) is 32.6. The first kappa shape index (κ1) is 51.3. The summed E-state index contributed by atoms with van der Waals surface area (Å²) in [6.45, 7) is 0. The van der Waals surface area contributed by atoms with Crippen molar-refractivity contribution in [2.75, 3.05) is 56.9 Å². The monoisotopic (exact) mass is 950 g/mol. The first-order valence-corrected chi connectivity index (χ1v) is 21.4. The zero-order chi connectivity index (χ0) is 49.7. The van der Waals surface area contributed by atoms with Crippen molar-refractivity contribution >= 4 is 92.1 Å². The number of nitrogens with zero attached hydrogens (tertiary/aromatic N) is 2. The van der Waals surface area contributed by atoms with E-state index in [-0.39, 0.29) is 99.8 Å². The molecule has 0 fully saturated rings. The number of methoxy groups -OCH3 is 8. The molecule has 0 unspecified atom stereocenters. The van der Waals surface area contributed by atoms with Crippen molar-refractivity contribution < 1.29 is 76.3 Å². The lowest BCUT2D eigenvalue weighted by atomic mass is 9.97. The van der Waals surface area contributed by atoms with Crippen LogP contribution in [0.2, 0.25) is 0 Å². The molecule has 0 aromatic carbocycles. The minimum absolute atomic E-state index is 0.0201. The number of nitrogens with one attached hydrogen (secondary N) is 2. The Labute approximate surface area is 390 Å². The number of ether oxygens (including phenoxy) is 8. The molecule has 68 heavy (non-hydrogen) atoms. The van der Waals surface area contributed by atoms with Crippen molar-refractivity contribution in [2.45, 2.75) is 77.0 Å². The van der Waals surface area contributed by atoms with Crippen LogP contribution in [0.1, 0.15) is 96.4 Å². The van der Waals surface area contributed by atoms with Crippen LogP contribution in [0.5, 0.6) is 0 Å². The summed E-state index contributed by atoms with van der Waals surface area (Å²) in [5.41, 5.74) is 5.90. The highest BCUT2D eigenvalue weighted by Crippen LogP contribution is 2.41. The molecule has 8 bridgehead atoms. The lowest BCUT2D eigenvalue weighted by Crippen LogP contribution is -2.08. The van der Waals surface area contributed by atoms with Gasteiger partial charge in [-0.05, 0) is 94.5 Å². The molecule has 3 aromatic heterocycles. The molecule has 2 N–H and O–H groups in total. The number of H-pyrrole nitrogens is 2. The standard InChI is InChI=1S/C48H54N4O16/c1-61-41(53)13-9-25-29(17-45(57)65-5)37-22-35-27(11-15-43(55)63-3)30(18-46(58)66-6)38(51-35)23-36-28(12-16-44(56)64-4)32(20-48(60)68-8)40(52-36)24-39-31(19-47(59)67-7)26(10-14-42(54)62-2)34(50-39)21-33(25)49-37/h21-24,49-50H,9-20H2,1-8H3/i41+1,42+1,43+1,44+1,45+1,46+1,47+1,48+1. The SMILES string of the molecule is CO[13C](=O)CCC1=C(C[13C](=O)OC)c2cc3nc(cc4[nH]c(cc5[nH]c(cc1n2)c(C[13C](=O)OC)c5CC[13C](=O)OC)c(CC[13C](=O)OC)c4C[13C](=O)OC)C(C[13C](=O)OC)=C3CC[13C](=O)OC. The summed E-state index contributed by atoms with van der Waals surface area (Å²) in [4.78, 5) is 120. The van der Waals surface area contributed by atoms with E-state index in [9.17, 15) is 38.4 Å². The van der Waals surface area contributed by atoms with E-state index in [4.69, 9.17) is 47.9 Å². The quantitative estimate of drug-likeness (QED) is 0.0874. The van der Waals surface area contributed by atoms with Gasteiger partial charge in [-0.2, -0.15) is 0 Å². The Hall–Kier alpha value is -7.64. The van der Waals surface area contributed by atoms with Crippen molar-refractivity contribution in [1.82, 2.24) is 19.9 Å². The molecule has 2 aliphatic heterocycles. The van der Waals surface area contributed by atoms with Crippen molar-refractivity contribution in [3.05, 3.63) is 69.3 Å². The third-order valence-electron chi connectivity index (χ3n) is 11.6. The predicted octanol–water partition coefficient (Wildman–Crippen LogP) is 4.81. The molecule has 20 nitrogen and oxygen atoms in total. The lowest BCUT2D eigenvalue weighted by molar-refractivity contribution is -0.141. The summed E-state index contributed by atoms with van der Waals surface area (Å²) in [5, 5.41) is 0. The molecule has 362 valence electrons. The number of rotatable bonds is 20. The maximum atomic E-state index is 13.2. The number of esters is 8. The van der Waals surface area contributed by atoms with Crippen LogP contribution in [-0.2, 0) is 102 Å². The normalized spacial score (nSPS) is 12.0. The van der Waals surface area contributed by atoms with Crippen molar-refractivity contribution in [3.63, 3.8) is 0 Å². The zero-order valence-electron chi connectivity index (χ0n) is 39.2. The van der Waals surface area contributed by atoms with E-state index in [1.807, 2.05) is 0 Å². The van der Waals surface area contributed by atoms with Gasteiger partial charge in [-0.25, -0.2) is 9.97 Å². The Morgan fingerprint density at radius 1 is 0.338 bits per heavy atom. The molecular weight excluding hydrogens is 896 g/mol. The summed E-state index contributed by atoms with van der Waals surface area (Å²) in [7, 11) is 9.91. The summed E-state index contributed by atoms with van der Waals surface area (Å²) in [6.07, 6.45) is -1.52. The molecule has 0 amide bonds. The topological polar surface area (TPSA) is 268 Å². The van der Waals surface area contributed by atoms with E-state index in [0.717, 1.165) is 0 Å². The number of carbonyl (C=O) groups is 8. The van der Waals surface area contributed by atoms with Crippen LogP contribution < -0.4 is 0 Å². The second-order valence-electron chi connectivity index (χ2n) is 15.4. The molecule has 20 heteroatoms. The summed E-state index contributed by atoms with van der Waals surface area (Å²) < 4.78 is 40.4. The number of hydrogen-bond acceptors (Lipinski definition) is 18. The third kappa shape index (κ3) is 12.4. The highest BCUT2D eigenvalue weighted by molar-refractivity contribution is 6.03. The van der Waals surface area contributed by atoms with Crippen LogP contribution in [0.3, 0.4) is 0 Å². The van der Waals surface area contributed by atoms with Gasteiger partial charge < -0.3 is 47.9 Å². The molecule has 3 aromatic rings. The van der Waals surface area contributed by atoms with Gasteiger partial charge >= 0.3 is 47.8 Å². The average molecular weight is 951 g/mol. The van der Waals surface area contributed by atoms with Gasteiger partial charge in [0.25, 0.3) is 0 Å². The summed E-state index contributed by atoms with van der Waals surface area (Å²) in [5.74, 6) is -4.68. The number of aromatic amines is 2. The smallest absolute Gasteiger partial charge is 0.310 e. The van der Waals surface area contributed by atoms with E-state index in [2.05, 4.69) is 9.97 Å². The molecule has 5 heterocycles. The maximum absolute atomic E-state index is 13.2. The number of aryl methyl sites for hydroxylation is 2. The van der Waals surface area contributed by atoms with Gasteiger partial charge in [0.1, 0.15) is 0 Å². The molecule has 0 saturated heterocycles. The van der Waals surface area contributed by atoms with Crippen LogP contribution in [0, 0.1) is 0 Å². The van der Waals surface area contributed by atoms with Gasteiger partial charge in [0, 0.05) is 47.8 Å². The van der Waals surface area contributed by atoms with E-state index in [1.54, 1.807) is 24.3 Å². The fourth-order valence-electron chi connectivity index (χ4n) is 8.02. The first-order valence-electron chi connectivity index (χ1n) is 21.4. The van der Waals surface area contributed by atoms with Crippen molar-refractivity contribution in [2.24, 2.45) is 0 Å². The minimum Gasteiger partial charge on any atom is -0.469 e. The number of aromatic nitrogens is 4. The number of hydrogen-bond donors (Lipinski definition) is 2. The van der Waals surface area contributed by atoms with E-state index in [0.29, 0.717) is 66.6 Å². The second-order valence-corrected chi connectivity index (χ2v) is 15.4. The van der Waals surface area contributed by atoms with Crippen molar-refractivity contribution in [1.29, 1.82) is 0 Å². The van der Waals surface area contributed by atoms with Crippen LogP contribution in [0.4, 0.5) is 0 Å². The highest BCUT2D eigenvalue weighted by Gasteiger charge is 2.29. The third-order valence-corrected chi connectivity index (χ3v) is 11.6. The molecule has 0 spiro atoms. The molecule has 0 aliphatic carbocycles. The van der Waals surface area contributed by atoms with Crippen LogP contribution in [0.25, 0.3) is 44.4 Å². The molecule has 0 atom stereocenters. The molecule has 0 saturated carbocycles. The van der Waals surface area contributed by atoms with Gasteiger partial charge in [-0.1, -0.05) is 0 Å². The number of allylic oxidation sites excluding steroid dienone is 2. The number of carbonyl (C=O) groups excluding carboxylic acids is 8. The Morgan fingerprint density at radius 3 is 0.971 bits per heavy atom. The highest BCUT2D eigenvalue weighted by atomic mass is 16.6. The fourth-order valence-corrected chi connectivity index (χ4v) is 8.02.